The topological polar surface area (TPSA) is 118 Å². The maximum Gasteiger partial charge on any atom is 0.242 e. The molecule has 0 saturated carbocycles. The zero-order valence-corrected chi connectivity index (χ0v) is 17.9. The van der Waals surface area contributed by atoms with Crippen LogP contribution in [0.25, 0.3) is 5.65 Å². The number of sulfonamides is 1. The van der Waals surface area contributed by atoms with Crippen molar-refractivity contribution >= 4 is 33.0 Å². The molecule has 0 fully saturated rings. The summed E-state index contributed by atoms with van der Waals surface area (Å²) in [6, 6.07) is 8.45. The number of aromatic nitrogens is 3. The summed E-state index contributed by atoms with van der Waals surface area (Å²) in [6.45, 7) is 5.28. The molecule has 0 unspecified atom stereocenters. The molecule has 1 aromatic carbocycles. The molecule has 3 aromatic rings. The van der Waals surface area contributed by atoms with E-state index in [1.807, 2.05) is 12.3 Å². The Morgan fingerprint density at radius 1 is 1.21 bits per heavy atom. The van der Waals surface area contributed by atoms with Crippen molar-refractivity contribution in [1.82, 2.24) is 18.9 Å². The molecule has 0 amide bonds. The van der Waals surface area contributed by atoms with Crippen molar-refractivity contribution in [1.29, 1.82) is 0 Å². The fourth-order valence-electron chi connectivity index (χ4n) is 2.84. The fourth-order valence-corrected chi connectivity index (χ4v) is 3.74. The average Bonchev–Trinajstić information content (AvgIpc) is 3.11. The van der Waals surface area contributed by atoms with Crippen LogP contribution in [0.1, 0.15) is 25.3 Å². The summed E-state index contributed by atoms with van der Waals surface area (Å²) in [7, 11) is -0.450. The molecule has 9 nitrogen and oxygen atoms in total. The van der Waals surface area contributed by atoms with E-state index in [0.29, 0.717) is 24.7 Å². The molecule has 10 heteroatoms. The zero-order valence-electron chi connectivity index (χ0n) is 17.0. The third-order valence-corrected chi connectivity index (χ3v) is 6.31. The van der Waals surface area contributed by atoms with Crippen LogP contribution in [-0.2, 0) is 10.0 Å². The van der Waals surface area contributed by atoms with E-state index in [-0.39, 0.29) is 10.8 Å². The van der Waals surface area contributed by atoms with Crippen molar-refractivity contribution in [2.24, 2.45) is 5.73 Å². The second-order valence-electron chi connectivity index (χ2n) is 7.17. The Morgan fingerprint density at radius 2 is 1.90 bits per heavy atom. The Hall–Kier alpha value is -2.69. The Labute approximate surface area is 171 Å². The van der Waals surface area contributed by atoms with Gasteiger partial charge >= 0.3 is 0 Å². The van der Waals surface area contributed by atoms with Crippen LogP contribution in [0.3, 0.4) is 0 Å². The van der Waals surface area contributed by atoms with Crippen LogP contribution in [0.4, 0.5) is 17.3 Å². The molecule has 3 rings (SSSR count). The fraction of sp³-hybridized carbons (Fsp3) is 0.368. The highest BCUT2D eigenvalue weighted by Gasteiger charge is 2.17. The van der Waals surface area contributed by atoms with Crippen molar-refractivity contribution < 1.29 is 8.42 Å². The van der Waals surface area contributed by atoms with E-state index in [1.54, 1.807) is 28.8 Å². The second-order valence-corrected chi connectivity index (χ2v) is 9.32. The molecular formula is C19H27N7O2S. The number of nitrogens with zero attached hydrogens (tertiary/aromatic N) is 4. The van der Waals surface area contributed by atoms with Crippen molar-refractivity contribution in [2.45, 2.75) is 24.7 Å². The number of fused-ring (bicyclic) bond motifs is 1. The van der Waals surface area contributed by atoms with E-state index < -0.39 is 10.0 Å². The Balaban J connectivity index is 1.98. The largest absolute Gasteiger partial charge is 0.369 e. The van der Waals surface area contributed by atoms with Gasteiger partial charge in [-0.25, -0.2) is 17.7 Å². The van der Waals surface area contributed by atoms with Gasteiger partial charge in [-0.1, -0.05) is 13.8 Å². The molecule has 2 aromatic heterocycles. The maximum atomic E-state index is 12.3. The summed E-state index contributed by atoms with van der Waals surface area (Å²) < 4.78 is 27.4. The monoisotopic (exact) mass is 417 g/mol. The highest BCUT2D eigenvalue weighted by atomic mass is 32.2. The molecule has 4 N–H and O–H groups in total. The van der Waals surface area contributed by atoms with Gasteiger partial charge in [0.2, 0.25) is 10.0 Å². The Kier molecular flexibility index (Phi) is 6.06. The van der Waals surface area contributed by atoms with Gasteiger partial charge in [0.05, 0.1) is 11.1 Å². The average molecular weight is 418 g/mol. The molecule has 0 aliphatic heterocycles. The SMILES string of the molecule is CC(C)c1cnn2c(Nc3ccc(S(=O)(=O)N(C)C)cc3)cc(NCCN)nc12. The van der Waals surface area contributed by atoms with Crippen molar-refractivity contribution in [2.75, 3.05) is 37.8 Å². The lowest BCUT2D eigenvalue weighted by atomic mass is 10.1. The van der Waals surface area contributed by atoms with Gasteiger partial charge in [0.15, 0.2) is 5.65 Å². The van der Waals surface area contributed by atoms with E-state index in [1.165, 1.54) is 18.4 Å². The van der Waals surface area contributed by atoms with Crippen molar-refractivity contribution in [3.8, 4) is 0 Å². The molecule has 0 aliphatic rings. The van der Waals surface area contributed by atoms with Gasteiger partial charge in [0.1, 0.15) is 11.6 Å². The predicted octanol–water partition coefficient (Wildman–Crippen LogP) is 2.22. The minimum Gasteiger partial charge on any atom is -0.369 e. The summed E-state index contributed by atoms with van der Waals surface area (Å²) >= 11 is 0. The number of benzene rings is 1. The highest BCUT2D eigenvalue weighted by molar-refractivity contribution is 7.89. The summed E-state index contributed by atoms with van der Waals surface area (Å²) in [5, 5.41) is 11.0. The van der Waals surface area contributed by atoms with Crippen LogP contribution in [0, 0.1) is 0 Å². The second kappa shape index (κ2) is 8.36. The first kappa shape index (κ1) is 21.0. The molecule has 0 aliphatic carbocycles. The standard InChI is InChI=1S/C19H27N7O2S/c1-13(2)16-12-22-26-18(11-17(21-10-9-20)24-19(16)26)23-14-5-7-15(8-6-14)29(27,28)25(3)4/h5-8,11-13,23H,9-10,20H2,1-4H3,(H,21,24). The number of anilines is 3. The first-order valence-corrected chi connectivity index (χ1v) is 10.8. The molecule has 0 spiro atoms. The van der Waals surface area contributed by atoms with Crippen molar-refractivity contribution in [3.05, 3.63) is 42.1 Å². The van der Waals surface area contributed by atoms with Gasteiger partial charge in [0.25, 0.3) is 0 Å². The molecule has 2 heterocycles. The van der Waals surface area contributed by atoms with Crippen LogP contribution in [-0.4, -0.2) is 54.5 Å². The number of nitrogens with two attached hydrogens (primary N) is 1. The van der Waals surface area contributed by atoms with Gasteiger partial charge in [-0.2, -0.15) is 9.61 Å². The summed E-state index contributed by atoms with van der Waals surface area (Å²) in [5.41, 5.74) is 8.14. The molecular weight excluding hydrogens is 390 g/mol. The third kappa shape index (κ3) is 4.34. The van der Waals surface area contributed by atoms with Gasteiger partial charge in [0, 0.05) is 44.5 Å². The molecule has 0 atom stereocenters. The number of rotatable bonds is 8. The van der Waals surface area contributed by atoms with Crippen LogP contribution in [0.2, 0.25) is 0 Å². The summed E-state index contributed by atoms with van der Waals surface area (Å²) in [4.78, 5) is 4.91. The highest BCUT2D eigenvalue weighted by Crippen LogP contribution is 2.26. The molecule has 0 radical (unpaired) electrons. The van der Waals surface area contributed by atoms with E-state index in [2.05, 4.69) is 34.6 Å². The Bertz CT molecular complexity index is 1090. The summed E-state index contributed by atoms with van der Waals surface area (Å²) in [6.07, 6.45) is 1.82. The quantitative estimate of drug-likeness (QED) is 0.514. The normalized spacial score (nSPS) is 12.1. The van der Waals surface area contributed by atoms with E-state index in [9.17, 15) is 8.42 Å². The van der Waals surface area contributed by atoms with Gasteiger partial charge < -0.3 is 16.4 Å². The van der Waals surface area contributed by atoms with E-state index in [4.69, 9.17) is 5.73 Å². The van der Waals surface area contributed by atoms with Crippen LogP contribution >= 0.6 is 0 Å². The number of hydrogen-bond donors (Lipinski definition) is 3. The minimum atomic E-state index is -3.47. The molecule has 0 bridgehead atoms. The molecule has 156 valence electrons. The third-order valence-electron chi connectivity index (χ3n) is 4.48. The molecule has 29 heavy (non-hydrogen) atoms. The number of nitrogens with one attached hydrogen (secondary N) is 2. The van der Waals surface area contributed by atoms with Gasteiger partial charge in [-0.05, 0) is 30.2 Å². The van der Waals surface area contributed by atoms with Crippen LogP contribution in [0.15, 0.2) is 41.4 Å². The van der Waals surface area contributed by atoms with Crippen LogP contribution < -0.4 is 16.4 Å². The van der Waals surface area contributed by atoms with Gasteiger partial charge in [-0.15, -0.1) is 0 Å². The van der Waals surface area contributed by atoms with Gasteiger partial charge in [-0.3, -0.25) is 0 Å². The number of hydrogen-bond acceptors (Lipinski definition) is 7. The Morgan fingerprint density at radius 3 is 2.48 bits per heavy atom. The zero-order chi connectivity index (χ0) is 21.2. The predicted molar refractivity (Wildman–Crippen MR) is 115 cm³/mol. The van der Waals surface area contributed by atoms with E-state index in [0.717, 1.165) is 16.9 Å². The van der Waals surface area contributed by atoms with E-state index >= 15 is 0 Å². The van der Waals surface area contributed by atoms with Crippen LogP contribution in [0.5, 0.6) is 0 Å². The maximum absolute atomic E-state index is 12.3. The smallest absolute Gasteiger partial charge is 0.242 e. The molecule has 0 saturated heterocycles. The van der Waals surface area contributed by atoms with Crippen molar-refractivity contribution in [3.63, 3.8) is 0 Å². The first-order chi connectivity index (χ1) is 13.7. The lowest BCUT2D eigenvalue weighted by Crippen LogP contribution is -2.22. The lowest BCUT2D eigenvalue weighted by molar-refractivity contribution is 0.521. The summed E-state index contributed by atoms with van der Waals surface area (Å²) in [5.74, 6) is 1.68. The lowest BCUT2D eigenvalue weighted by Gasteiger charge is -2.14. The first-order valence-electron chi connectivity index (χ1n) is 9.36. The minimum absolute atomic E-state index is 0.236.